The van der Waals surface area contributed by atoms with Crippen molar-refractivity contribution in [1.29, 1.82) is 0 Å². The number of hydrogen-bond donors (Lipinski definition) is 1. The molecule has 0 radical (unpaired) electrons. The smallest absolute Gasteiger partial charge is 0.338 e. The number of carbonyl (C=O) groups is 1. The molecule has 1 N–H and O–H groups in total. The van der Waals surface area contributed by atoms with E-state index in [1.807, 2.05) is 30.5 Å². The summed E-state index contributed by atoms with van der Waals surface area (Å²) in [5.74, 6) is -0.221. The molecule has 1 aromatic carbocycles. The summed E-state index contributed by atoms with van der Waals surface area (Å²) in [5, 5.41) is 9.57. The molecule has 0 saturated carbocycles. The van der Waals surface area contributed by atoms with Gasteiger partial charge in [0.2, 0.25) is 0 Å². The van der Waals surface area contributed by atoms with Gasteiger partial charge in [-0.1, -0.05) is 12.1 Å². The standard InChI is InChI=1S/C14H13NO3S/c1-18-10-5-3-4-9(8-10)12-7-6-11(14(16)17)13(15-12)19-2/h3-8H,1-2H3,(H,16,17). The molecule has 1 aromatic heterocycles. The molecule has 98 valence electrons. The number of methoxy groups -OCH3 is 1. The van der Waals surface area contributed by atoms with Gasteiger partial charge in [-0.2, -0.15) is 0 Å². The van der Waals surface area contributed by atoms with Gasteiger partial charge in [-0.05, 0) is 30.5 Å². The van der Waals surface area contributed by atoms with Crippen LogP contribution in [0.25, 0.3) is 11.3 Å². The average Bonchev–Trinajstić information content (AvgIpc) is 2.46. The van der Waals surface area contributed by atoms with Crippen LogP contribution in [0.3, 0.4) is 0 Å². The molecule has 0 fully saturated rings. The summed E-state index contributed by atoms with van der Waals surface area (Å²) in [6, 6.07) is 10.8. The maximum absolute atomic E-state index is 11.1. The molecule has 5 heteroatoms. The lowest BCUT2D eigenvalue weighted by Gasteiger charge is -2.07. The van der Waals surface area contributed by atoms with E-state index in [0.717, 1.165) is 17.0 Å². The number of hydrogen-bond acceptors (Lipinski definition) is 4. The maximum Gasteiger partial charge on any atom is 0.338 e. The minimum absolute atomic E-state index is 0.221. The van der Waals surface area contributed by atoms with Gasteiger partial charge in [0, 0.05) is 5.56 Å². The van der Waals surface area contributed by atoms with Gasteiger partial charge in [-0.15, -0.1) is 11.8 Å². The van der Waals surface area contributed by atoms with E-state index in [0.29, 0.717) is 5.03 Å². The zero-order valence-electron chi connectivity index (χ0n) is 10.6. The molecular weight excluding hydrogens is 262 g/mol. The Balaban J connectivity index is 2.48. The summed E-state index contributed by atoms with van der Waals surface area (Å²) in [6.07, 6.45) is 1.81. The van der Waals surface area contributed by atoms with Crippen molar-refractivity contribution in [2.24, 2.45) is 0 Å². The molecule has 0 unspecified atom stereocenters. The zero-order chi connectivity index (χ0) is 13.8. The van der Waals surface area contributed by atoms with Crippen molar-refractivity contribution >= 4 is 17.7 Å². The van der Waals surface area contributed by atoms with Crippen LogP contribution < -0.4 is 4.74 Å². The summed E-state index contributed by atoms with van der Waals surface area (Å²) in [7, 11) is 1.60. The fraction of sp³-hybridized carbons (Fsp3) is 0.143. The highest BCUT2D eigenvalue weighted by molar-refractivity contribution is 7.98. The number of carboxylic acids is 1. The first-order valence-electron chi connectivity index (χ1n) is 5.58. The van der Waals surface area contributed by atoms with Crippen LogP contribution in [0.2, 0.25) is 0 Å². The molecule has 0 amide bonds. The molecule has 2 aromatic rings. The number of nitrogens with zero attached hydrogens (tertiary/aromatic N) is 1. The van der Waals surface area contributed by atoms with Crippen LogP contribution in [0.4, 0.5) is 0 Å². The summed E-state index contributed by atoms with van der Waals surface area (Å²) >= 11 is 1.32. The van der Waals surface area contributed by atoms with Crippen molar-refractivity contribution < 1.29 is 14.6 Å². The molecule has 4 nitrogen and oxygen atoms in total. The first kappa shape index (κ1) is 13.4. The quantitative estimate of drug-likeness (QED) is 0.868. The zero-order valence-corrected chi connectivity index (χ0v) is 11.4. The second-order valence-electron chi connectivity index (χ2n) is 3.79. The third-order valence-corrected chi connectivity index (χ3v) is 3.35. The molecule has 19 heavy (non-hydrogen) atoms. The lowest BCUT2D eigenvalue weighted by molar-refractivity contribution is 0.0692. The molecular formula is C14H13NO3S. The lowest BCUT2D eigenvalue weighted by atomic mass is 10.1. The van der Waals surface area contributed by atoms with E-state index in [4.69, 9.17) is 9.84 Å². The second-order valence-corrected chi connectivity index (χ2v) is 4.59. The normalized spacial score (nSPS) is 10.2. The van der Waals surface area contributed by atoms with Gasteiger partial charge in [0.15, 0.2) is 0 Å². The van der Waals surface area contributed by atoms with E-state index in [1.165, 1.54) is 11.8 Å². The molecule has 0 aliphatic carbocycles. The van der Waals surface area contributed by atoms with E-state index in [9.17, 15) is 4.79 Å². The minimum Gasteiger partial charge on any atom is -0.497 e. The molecule has 0 spiro atoms. The van der Waals surface area contributed by atoms with Gasteiger partial charge >= 0.3 is 5.97 Å². The van der Waals surface area contributed by atoms with Crippen LogP contribution in [0.1, 0.15) is 10.4 Å². The number of aromatic carboxylic acids is 1. The highest BCUT2D eigenvalue weighted by Gasteiger charge is 2.12. The summed E-state index contributed by atoms with van der Waals surface area (Å²) < 4.78 is 5.17. The molecule has 2 rings (SSSR count). The largest absolute Gasteiger partial charge is 0.497 e. The van der Waals surface area contributed by atoms with Crippen molar-refractivity contribution in [3.05, 3.63) is 42.0 Å². The molecule has 0 aliphatic heterocycles. The van der Waals surface area contributed by atoms with Crippen molar-refractivity contribution in [2.75, 3.05) is 13.4 Å². The second kappa shape index (κ2) is 5.75. The SMILES string of the molecule is COc1cccc(-c2ccc(C(=O)O)c(SC)n2)c1. The van der Waals surface area contributed by atoms with E-state index < -0.39 is 5.97 Å². The number of benzene rings is 1. The summed E-state index contributed by atoms with van der Waals surface area (Å²) in [6.45, 7) is 0. The third-order valence-electron chi connectivity index (χ3n) is 2.65. The Hall–Kier alpha value is -2.01. The van der Waals surface area contributed by atoms with E-state index >= 15 is 0 Å². The Kier molecular flexibility index (Phi) is 4.06. The number of ether oxygens (including phenoxy) is 1. The van der Waals surface area contributed by atoms with Gasteiger partial charge in [0.1, 0.15) is 10.8 Å². The van der Waals surface area contributed by atoms with Gasteiger partial charge in [-0.25, -0.2) is 9.78 Å². The molecule has 1 heterocycles. The highest BCUT2D eigenvalue weighted by atomic mass is 32.2. The lowest BCUT2D eigenvalue weighted by Crippen LogP contribution is -2.01. The molecule has 0 aliphatic rings. The maximum atomic E-state index is 11.1. The third kappa shape index (κ3) is 2.88. The van der Waals surface area contributed by atoms with Crippen LogP contribution in [0, 0.1) is 0 Å². The van der Waals surface area contributed by atoms with Crippen LogP contribution in [0.5, 0.6) is 5.75 Å². The van der Waals surface area contributed by atoms with Crippen LogP contribution in [-0.4, -0.2) is 29.4 Å². The van der Waals surface area contributed by atoms with Gasteiger partial charge in [-0.3, -0.25) is 0 Å². The molecule has 0 atom stereocenters. The number of thioether (sulfide) groups is 1. The van der Waals surface area contributed by atoms with Crippen LogP contribution in [0.15, 0.2) is 41.4 Å². The van der Waals surface area contributed by atoms with Crippen molar-refractivity contribution in [2.45, 2.75) is 5.03 Å². The Morgan fingerprint density at radius 2 is 2.11 bits per heavy atom. The average molecular weight is 275 g/mol. The summed E-state index contributed by atoms with van der Waals surface area (Å²) in [5.41, 5.74) is 1.85. The number of rotatable bonds is 4. The Morgan fingerprint density at radius 1 is 1.32 bits per heavy atom. The topological polar surface area (TPSA) is 59.4 Å². The number of aromatic nitrogens is 1. The van der Waals surface area contributed by atoms with Crippen LogP contribution in [-0.2, 0) is 0 Å². The Bertz CT molecular complexity index is 613. The number of carboxylic acid groups (broad SMARTS) is 1. The predicted molar refractivity (Wildman–Crippen MR) is 75.0 cm³/mol. The van der Waals surface area contributed by atoms with Crippen molar-refractivity contribution in [3.8, 4) is 17.0 Å². The minimum atomic E-state index is -0.964. The fourth-order valence-electron chi connectivity index (χ4n) is 1.70. The van der Waals surface area contributed by atoms with Crippen molar-refractivity contribution in [3.63, 3.8) is 0 Å². The van der Waals surface area contributed by atoms with E-state index in [1.54, 1.807) is 19.2 Å². The van der Waals surface area contributed by atoms with Crippen molar-refractivity contribution in [1.82, 2.24) is 4.98 Å². The monoisotopic (exact) mass is 275 g/mol. The fourth-order valence-corrected chi connectivity index (χ4v) is 2.27. The van der Waals surface area contributed by atoms with Crippen LogP contribution >= 0.6 is 11.8 Å². The first-order valence-corrected chi connectivity index (χ1v) is 6.81. The highest BCUT2D eigenvalue weighted by Crippen LogP contribution is 2.26. The van der Waals surface area contributed by atoms with Gasteiger partial charge < -0.3 is 9.84 Å². The summed E-state index contributed by atoms with van der Waals surface area (Å²) in [4.78, 5) is 15.4. The predicted octanol–water partition coefficient (Wildman–Crippen LogP) is 3.18. The molecule has 0 saturated heterocycles. The Morgan fingerprint density at radius 3 is 2.74 bits per heavy atom. The van der Waals surface area contributed by atoms with E-state index in [-0.39, 0.29) is 5.56 Å². The first-order chi connectivity index (χ1) is 9.15. The van der Waals surface area contributed by atoms with Gasteiger partial charge in [0.05, 0.1) is 18.4 Å². The number of pyridine rings is 1. The molecule has 0 bridgehead atoms. The van der Waals surface area contributed by atoms with E-state index in [2.05, 4.69) is 4.98 Å². The van der Waals surface area contributed by atoms with Gasteiger partial charge in [0.25, 0.3) is 0 Å². The Labute approximate surface area is 115 Å².